The van der Waals surface area contributed by atoms with E-state index in [1.165, 1.54) is 11.1 Å². The van der Waals surface area contributed by atoms with E-state index >= 15 is 0 Å². The SMILES string of the molecule is O=C(c1ccc(N2CCOCC2)nc1)N1CCC(N2CCc3ccccc3C2)CC1. The summed E-state index contributed by atoms with van der Waals surface area (Å²) in [5, 5.41) is 0. The number of benzene rings is 1. The van der Waals surface area contributed by atoms with Crippen LogP contribution < -0.4 is 4.90 Å². The molecule has 6 nitrogen and oxygen atoms in total. The average molecular weight is 407 g/mol. The van der Waals surface area contributed by atoms with Crippen LogP contribution in [0.25, 0.3) is 0 Å². The molecule has 1 amide bonds. The van der Waals surface area contributed by atoms with E-state index in [1.807, 2.05) is 17.0 Å². The van der Waals surface area contributed by atoms with Gasteiger partial charge in [-0.1, -0.05) is 24.3 Å². The monoisotopic (exact) mass is 406 g/mol. The molecule has 1 aromatic carbocycles. The van der Waals surface area contributed by atoms with Gasteiger partial charge in [0.05, 0.1) is 18.8 Å². The van der Waals surface area contributed by atoms with E-state index in [-0.39, 0.29) is 5.91 Å². The standard InChI is InChI=1S/C24H30N4O2/c29-24(20-5-6-23(25-17-20)26-13-15-30-16-14-26)27-11-8-22(9-12-27)28-10-7-19-3-1-2-4-21(19)18-28/h1-6,17,22H,7-16,18H2. The lowest BCUT2D eigenvalue weighted by Crippen LogP contribution is -2.48. The Labute approximate surface area is 178 Å². The fourth-order valence-electron chi connectivity index (χ4n) is 4.94. The summed E-state index contributed by atoms with van der Waals surface area (Å²) in [7, 11) is 0. The minimum Gasteiger partial charge on any atom is -0.378 e. The van der Waals surface area contributed by atoms with Crippen LogP contribution in [-0.2, 0) is 17.7 Å². The van der Waals surface area contributed by atoms with E-state index in [4.69, 9.17) is 4.74 Å². The Morgan fingerprint density at radius 2 is 1.70 bits per heavy atom. The van der Waals surface area contributed by atoms with Gasteiger partial charge in [0.25, 0.3) is 5.91 Å². The molecule has 6 heteroatoms. The lowest BCUT2D eigenvalue weighted by atomic mass is 9.95. The second kappa shape index (κ2) is 8.74. The molecule has 2 saturated heterocycles. The van der Waals surface area contributed by atoms with Gasteiger partial charge < -0.3 is 14.5 Å². The Hall–Kier alpha value is -2.44. The first-order valence-corrected chi connectivity index (χ1v) is 11.2. The third kappa shape index (κ3) is 4.07. The lowest BCUT2D eigenvalue weighted by molar-refractivity contribution is 0.0599. The van der Waals surface area contributed by atoms with Gasteiger partial charge in [0.2, 0.25) is 0 Å². The van der Waals surface area contributed by atoms with Gasteiger partial charge in [0.15, 0.2) is 0 Å². The third-order valence-corrected chi connectivity index (χ3v) is 6.76. The highest BCUT2D eigenvalue weighted by molar-refractivity contribution is 5.94. The number of pyridine rings is 1. The number of nitrogens with zero attached hydrogens (tertiary/aromatic N) is 4. The van der Waals surface area contributed by atoms with Crippen LogP contribution in [0.1, 0.15) is 34.3 Å². The number of hydrogen-bond acceptors (Lipinski definition) is 5. The van der Waals surface area contributed by atoms with E-state index in [0.29, 0.717) is 11.6 Å². The summed E-state index contributed by atoms with van der Waals surface area (Å²) in [6.07, 6.45) is 4.97. The molecule has 30 heavy (non-hydrogen) atoms. The number of rotatable bonds is 3. The van der Waals surface area contributed by atoms with Crippen molar-refractivity contribution in [2.24, 2.45) is 0 Å². The molecular weight excluding hydrogens is 376 g/mol. The highest BCUT2D eigenvalue weighted by Gasteiger charge is 2.29. The molecule has 4 heterocycles. The van der Waals surface area contributed by atoms with E-state index in [9.17, 15) is 4.79 Å². The van der Waals surface area contributed by atoms with Crippen LogP contribution in [0, 0.1) is 0 Å². The molecule has 3 aliphatic rings. The minimum absolute atomic E-state index is 0.110. The predicted molar refractivity (Wildman–Crippen MR) is 117 cm³/mol. The van der Waals surface area contributed by atoms with Crippen molar-refractivity contribution in [2.45, 2.75) is 31.8 Å². The molecule has 0 radical (unpaired) electrons. The summed E-state index contributed by atoms with van der Waals surface area (Å²) in [4.78, 5) is 24.3. The second-order valence-electron chi connectivity index (χ2n) is 8.52. The maximum atomic E-state index is 13.0. The largest absolute Gasteiger partial charge is 0.378 e. The van der Waals surface area contributed by atoms with Crippen molar-refractivity contribution in [1.82, 2.24) is 14.8 Å². The van der Waals surface area contributed by atoms with Gasteiger partial charge in [-0.05, 0) is 42.5 Å². The number of morpholine rings is 1. The number of amides is 1. The quantitative estimate of drug-likeness (QED) is 0.784. The van der Waals surface area contributed by atoms with Crippen molar-refractivity contribution in [1.29, 1.82) is 0 Å². The predicted octanol–water partition coefficient (Wildman–Crippen LogP) is 2.58. The molecule has 0 unspecified atom stereocenters. The molecule has 0 saturated carbocycles. The van der Waals surface area contributed by atoms with Gasteiger partial charge in [-0.2, -0.15) is 0 Å². The van der Waals surface area contributed by atoms with Crippen molar-refractivity contribution in [3.05, 3.63) is 59.3 Å². The highest BCUT2D eigenvalue weighted by Crippen LogP contribution is 2.25. The van der Waals surface area contributed by atoms with Gasteiger partial charge in [-0.25, -0.2) is 4.98 Å². The Bertz CT molecular complexity index is 871. The number of fused-ring (bicyclic) bond motifs is 1. The first kappa shape index (κ1) is 19.5. The van der Waals surface area contributed by atoms with Crippen LogP contribution in [0.5, 0.6) is 0 Å². The number of carbonyl (C=O) groups is 1. The van der Waals surface area contributed by atoms with Crippen LogP contribution in [0.15, 0.2) is 42.6 Å². The highest BCUT2D eigenvalue weighted by atomic mass is 16.5. The van der Waals surface area contributed by atoms with Gasteiger partial charge in [-0.15, -0.1) is 0 Å². The van der Waals surface area contributed by atoms with Crippen molar-refractivity contribution in [3.8, 4) is 0 Å². The summed E-state index contributed by atoms with van der Waals surface area (Å²) < 4.78 is 5.40. The maximum Gasteiger partial charge on any atom is 0.255 e. The summed E-state index contributed by atoms with van der Waals surface area (Å²) in [6.45, 7) is 7.01. The number of carbonyl (C=O) groups excluding carboxylic acids is 1. The second-order valence-corrected chi connectivity index (χ2v) is 8.52. The number of anilines is 1. The molecule has 0 N–H and O–H groups in total. The molecule has 2 fully saturated rings. The average Bonchev–Trinajstić information content (AvgIpc) is 2.84. The molecule has 0 bridgehead atoms. The Balaban J connectivity index is 1.16. The molecule has 1 aromatic heterocycles. The molecule has 0 atom stereocenters. The van der Waals surface area contributed by atoms with Crippen molar-refractivity contribution >= 4 is 11.7 Å². The van der Waals surface area contributed by atoms with E-state index < -0.39 is 0 Å². The maximum absolute atomic E-state index is 13.0. The zero-order valence-electron chi connectivity index (χ0n) is 17.5. The molecule has 0 aliphatic carbocycles. The number of aromatic nitrogens is 1. The van der Waals surface area contributed by atoms with E-state index in [2.05, 4.69) is 39.0 Å². The van der Waals surface area contributed by atoms with Gasteiger partial charge >= 0.3 is 0 Å². The minimum atomic E-state index is 0.110. The molecular formula is C24H30N4O2. The van der Waals surface area contributed by atoms with Crippen LogP contribution in [-0.4, -0.2) is 72.7 Å². The van der Waals surface area contributed by atoms with Gasteiger partial charge in [0.1, 0.15) is 5.82 Å². The van der Waals surface area contributed by atoms with Gasteiger partial charge in [-0.3, -0.25) is 9.69 Å². The van der Waals surface area contributed by atoms with Crippen LogP contribution in [0.4, 0.5) is 5.82 Å². The van der Waals surface area contributed by atoms with Crippen LogP contribution in [0.2, 0.25) is 0 Å². The molecule has 5 rings (SSSR count). The van der Waals surface area contributed by atoms with E-state index in [0.717, 1.165) is 77.6 Å². The molecule has 3 aliphatic heterocycles. The first-order valence-electron chi connectivity index (χ1n) is 11.2. The van der Waals surface area contributed by atoms with Crippen molar-refractivity contribution in [3.63, 3.8) is 0 Å². The van der Waals surface area contributed by atoms with Gasteiger partial charge in [0, 0.05) is 51.5 Å². The summed E-state index contributed by atoms with van der Waals surface area (Å²) >= 11 is 0. The number of piperidine rings is 1. The number of hydrogen-bond donors (Lipinski definition) is 0. The fraction of sp³-hybridized carbons (Fsp3) is 0.500. The molecule has 2 aromatic rings. The Kier molecular flexibility index (Phi) is 5.69. The number of likely N-dealkylation sites (tertiary alicyclic amines) is 1. The normalized spacial score (nSPS) is 20.8. The summed E-state index contributed by atoms with van der Waals surface area (Å²) in [5.41, 5.74) is 3.65. The number of ether oxygens (including phenoxy) is 1. The Morgan fingerprint density at radius 1 is 0.933 bits per heavy atom. The molecule has 158 valence electrons. The van der Waals surface area contributed by atoms with E-state index in [1.54, 1.807) is 6.20 Å². The Morgan fingerprint density at radius 3 is 2.43 bits per heavy atom. The van der Waals surface area contributed by atoms with Crippen LogP contribution in [0.3, 0.4) is 0 Å². The summed E-state index contributed by atoms with van der Waals surface area (Å²) in [6, 6.07) is 13.3. The van der Waals surface area contributed by atoms with Crippen molar-refractivity contribution < 1.29 is 9.53 Å². The topological polar surface area (TPSA) is 48.9 Å². The molecule has 0 spiro atoms. The third-order valence-electron chi connectivity index (χ3n) is 6.76. The van der Waals surface area contributed by atoms with Crippen molar-refractivity contribution in [2.75, 3.05) is 50.8 Å². The van der Waals surface area contributed by atoms with Crippen LogP contribution >= 0.6 is 0 Å². The fourth-order valence-corrected chi connectivity index (χ4v) is 4.94. The zero-order valence-corrected chi connectivity index (χ0v) is 17.5. The first-order chi connectivity index (χ1) is 14.8. The lowest BCUT2D eigenvalue weighted by Gasteiger charge is -2.40. The zero-order chi connectivity index (χ0) is 20.3. The smallest absolute Gasteiger partial charge is 0.255 e. The summed E-state index contributed by atoms with van der Waals surface area (Å²) in [5.74, 6) is 1.04.